The first-order valence-electron chi connectivity index (χ1n) is 21.4. The molecule has 1 rings (SSSR count). The fourth-order valence-electron chi connectivity index (χ4n) is 6.78. The Kier molecular flexibility index (Phi) is 29.5. The number of hydrogen-bond donors (Lipinski definition) is 2. The van der Waals surface area contributed by atoms with E-state index in [0.717, 1.165) is 95.5 Å². The van der Waals surface area contributed by atoms with Crippen LogP contribution in [-0.2, 0) is 30.3 Å². The molecule has 1 amide bonds. The summed E-state index contributed by atoms with van der Waals surface area (Å²) < 4.78 is 11.9. The van der Waals surface area contributed by atoms with Crippen LogP contribution in [-0.4, -0.2) is 43.1 Å². The van der Waals surface area contributed by atoms with Crippen LogP contribution in [0.15, 0.2) is 30.3 Å². The molecule has 0 bridgehead atoms. The molecule has 0 saturated heterocycles. The summed E-state index contributed by atoms with van der Waals surface area (Å²) in [5.41, 5.74) is 5.15. The highest BCUT2D eigenvalue weighted by atomic mass is 16.5. The van der Waals surface area contributed by atoms with Crippen molar-refractivity contribution in [1.82, 2.24) is 5.32 Å². The van der Waals surface area contributed by atoms with E-state index in [1.807, 2.05) is 30.3 Å². The molecule has 1 aromatic rings. The van der Waals surface area contributed by atoms with Gasteiger partial charge in [-0.25, -0.2) is 0 Å². The number of hydrogen-bond acceptors (Lipinski definition) is 5. The Morgan fingerprint density at radius 2 is 0.902 bits per heavy atom. The molecule has 0 spiro atoms. The molecule has 0 aliphatic rings. The van der Waals surface area contributed by atoms with Gasteiger partial charge in [-0.2, -0.15) is 0 Å². The molecule has 3 unspecified atom stereocenters. The lowest BCUT2D eigenvalue weighted by Gasteiger charge is -2.23. The SMILES string of the molecule is CCCCCCCCC(CCCCCC)C(=O)OCC(COC(=O)C(CCCCCC)CCCCCCCC)NC(=O)C([NH3+])Cc1ccccc1. The van der Waals surface area contributed by atoms with Crippen LogP contribution in [0, 0.1) is 11.8 Å². The molecule has 0 radical (unpaired) electrons. The van der Waals surface area contributed by atoms with E-state index in [1.54, 1.807) is 0 Å². The molecule has 7 heteroatoms. The maximum Gasteiger partial charge on any atom is 0.309 e. The van der Waals surface area contributed by atoms with Gasteiger partial charge in [0.2, 0.25) is 0 Å². The summed E-state index contributed by atoms with van der Waals surface area (Å²) in [5, 5.41) is 3.03. The summed E-state index contributed by atoms with van der Waals surface area (Å²) in [6.45, 7) is 8.81. The third-order valence-corrected chi connectivity index (χ3v) is 10.2. The molecule has 0 aliphatic carbocycles. The Morgan fingerprint density at radius 1 is 0.549 bits per heavy atom. The van der Waals surface area contributed by atoms with Crippen LogP contribution in [0.5, 0.6) is 0 Å². The average Bonchev–Trinajstić information content (AvgIpc) is 3.13. The third kappa shape index (κ3) is 24.5. The van der Waals surface area contributed by atoms with Gasteiger partial charge in [-0.1, -0.05) is 186 Å². The lowest BCUT2D eigenvalue weighted by atomic mass is 9.94. The summed E-state index contributed by atoms with van der Waals surface area (Å²) in [6, 6.07) is 8.68. The van der Waals surface area contributed by atoms with Crippen molar-refractivity contribution in [2.45, 2.75) is 200 Å². The second kappa shape index (κ2) is 32.3. The lowest BCUT2D eigenvalue weighted by molar-refractivity contribution is -0.403. The standard InChI is InChI=1S/C44H78N2O5/c1-5-9-13-17-19-26-32-38(30-24-15-11-7-3)43(48)50-35-40(46-42(47)41(45)34-37-28-22-21-23-29-37)36-51-44(49)39(31-25-16-12-8-4)33-27-20-18-14-10-6-2/h21-23,28-29,38-41H,5-20,24-27,30-36,45H2,1-4H3,(H,46,47)/p+1. The van der Waals surface area contributed by atoms with E-state index >= 15 is 0 Å². The van der Waals surface area contributed by atoms with Crippen molar-refractivity contribution in [3.63, 3.8) is 0 Å². The van der Waals surface area contributed by atoms with Gasteiger partial charge in [-0.3, -0.25) is 14.4 Å². The van der Waals surface area contributed by atoms with Gasteiger partial charge >= 0.3 is 11.9 Å². The number of carbonyl (C=O) groups excluding carboxylic acids is 3. The van der Waals surface area contributed by atoms with Crippen LogP contribution in [0.3, 0.4) is 0 Å². The Balaban J connectivity index is 2.95. The zero-order valence-corrected chi connectivity index (χ0v) is 33.5. The molecule has 7 nitrogen and oxygen atoms in total. The quantitative estimate of drug-likeness (QED) is 0.0545. The molecule has 1 aromatic carbocycles. The number of benzene rings is 1. The number of unbranched alkanes of at least 4 members (excludes halogenated alkanes) is 16. The smallest absolute Gasteiger partial charge is 0.309 e. The first-order valence-corrected chi connectivity index (χ1v) is 21.4. The fourth-order valence-corrected chi connectivity index (χ4v) is 6.78. The predicted molar refractivity (Wildman–Crippen MR) is 211 cm³/mol. The van der Waals surface area contributed by atoms with E-state index in [2.05, 4.69) is 38.7 Å². The summed E-state index contributed by atoms with van der Waals surface area (Å²) >= 11 is 0. The Hall–Kier alpha value is -2.41. The molecule has 3 atom stereocenters. The number of esters is 2. The minimum atomic E-state index is -0.630. The van der Waals surface area contributed by atoms with Gasteiger partial charge in [0.1, 0.15) is 13.2 Å². The van der Waals surface area contributed by atoms with Crippen molar-refractivity contribution in [1.29, 1.82) is 0 Å². The molecular weight excluding hydrogens is 636 g/mol. The van der Waals surface area contributed by atoms with Gasteiger partial charge in [0.15, 0.2) is 6.04 Å². The van der Waals surface area contributed by atoms with E-state index in [-0.39, 0.29) is 42.9 Å². The van der Waals surface area contributed by atoms with Crippen molar-refractivity contribution in [3.8, 4) is 0 Å². The third-order valence-electron chi connectivity index (χ3n) is 10.2. The summed E-state index contributed by atoms with van der Waals surface area (Å²) in [4.78, 5) is 40.4. The van der Waals surface area contributed by atoms with Gasteiger partial charge in [-0.15, -0.1) is 0 Å². The van der Waals surface area contributed by atoms with Gasteiger partial charge < -0.3 is 20.5 Å². The van der Waals surface area contributed by atoms with Gasteiger partial charge in [0.05, 0.1) is 17.9 Å². The monoisotopic (exact) mass is 716 g/mol. The highest BCUT2D eigenvalue weighted by molar-refractivity contribution is 5.81. The maximum atomic E-state index is 13.5. The number of ether oxygens (including phenoxy) is 2. The van der Waals surface area contributed by atoms with Crippen LogP contribution < -0.4 is 11.1 Å². The molecule has 0 fully saturated rings. The number of carbonyl (C=O) groups is 3. The van der Waals surface area contributed by atoms with Crippen molar-refractivity contribution in [2.24, 2.45) is 11.8 Å². The van der Waals surface area contributed by atoms with Crippen molar-refractivity contribution < 1.29 is 29.6 Å². The molecular formula is C44H79N2O5+. The van der Waals surface area contributed by atoms with Crippen LogP contribution in [0.2, 0.25) is 0 Å². The number of rotatable bonds is 34. The van der Waals surface area contributed by atoms with Crippen molar-refractivity contribution >= 4 is 17.8 Å². The van der Waals surface area contributed by atoms with Crippen molar-refractivity contribution in [3.05, 3.63) is 35.9 Å². The highest BCUT2D eigenvalue weighted by Crippen LogP contribution is 2.22. The number of nitrogens with one attached hydrogen (secondary N) is 1. The Morgan fingerprint density at radius 3 is 1.29 bits per heavy atom. The molecule has 0 aliphatic heterocycles. The topological polar surface area (TPSA) is 109 Å². The average molecular weight is 716 g/mol. The summed E-state index contributed by atoms with van der Waals surface area (Å²) in [5.74, 6) is -0.913. The minimum absolute atomic E-state index is 0.0174. The summed E-state index contributed by atoms with van der Waals surface area (Å²) in [6.07, 6.45) is 26.9. The molecule has 0 aromatic heterocycles. The number of amides is 1. The number of quaternary nitrogens is 1. The molecule has 0 saturated carbocycles. The van der Waals surface area contributed by atoms with Gasteiger partial charge in [-0.05, 0) is 31.2 Å². The second-order valence-corrected chi connectivity index (χ2v) is 15.1. The summed E-state index contributed by atoms with van der Waals surface area (Å²) in [7, 11) is 0. The van der Waals surface area contributed by atoms with Crippen LogP contribution in [0.1, 0.15) is 187 Å². The Labute approximate surface area is 313 Å². The first-order chi connectivity index (χ1) is 24.9. The van der Waals surface area contributed by atoms with Crippen molar-refractivity contribution in [2.75, 3.05) is 13.2 Å². The molecule has 294 valence electrons. The molecule has 4 N–H and O–H groups in total. The van der Waals surface area contributed by atoms with E-state index in [9.17, 15) is 14.4 Å². The lowest BCUT2D eigenvalue weighted by Crippen LogP contribution is -2.69. The molecule has 0 heterocycles. The molecule has 51 heavy (non-hydrogen) atoms. The first kappa shape index (κ1) is 46.6. The van der Waals surface area contributed by atoms with E-state index in [4.69, 9.17) is 9.47 Å². The van der Waals surface area contributed by atoms with Crippen LogP contribution in [0.25, 0.3) is 0 Å². The van der Waals surface area contributed by atoms with Crippen LogP contribution in [0.4, 0.5) is 0 Å². The van der Waals surface area contributed by atoms with Gasteiger partial charge in [0.25, 0.3) is 5.91 Å². The zero-order valence-electron chi connectivity index (χ0n) is 33.5. The zero-order chi connectivity index (χ0) is 37.4. The normalized spacial score (nSPS) is 13.7. The Bertz CT molecular complexity index is 939. The second-order valence-electron chi connectivity index (χ2n) is 15.1. The van der Waals surface area contributed by atoms with Gasteiger partial charge in [0, 0.05) is 6.42 Å². The van der Waals surface area contributed by atoms with E-state index in [0.29, 0.717) is 6.42 Å². The largest absolute Gasteiger partial charge is 0.463 e. The van der Waals surface area contributed by atoms with E-state index < -0.39 is 12.1 Å². The minimum Gasteiger partial charge on any atom is -0.463 e. The van der Waals surface area contributed by atoms with Crippen LogP contribution >= 0.6 is 0 Å². The van der Waals surface area contributed by atoms with E-state index in [1.165, 1.54) is 64.2 Å². The maximum absolute atomic E-state index is 13.5. The highest BCUT2D eigenvalue weighted by Gasteiger charge is 2.27. The predicted octanol–water partition coefficient (Wildman–Crippen LogP) is 10.1. The fraction of sp³-hybridized carbons (Fsp3) is 0.795.